The topological polar surface area (TPSA) is 20.2 Å². The molecule has 0 aromatic heterocycles. The summed E-state index contributed by atoms with van der Waals surface area (Å²) in [6.07, 6.45) is 5.23. The number of fused-ring (bicyclic) bond motifs is 1. The molecule has 5 atom stereocenters. The second-order valence-corrected chi connectivity index (χ2v) is 7.38. The fraction of sp³-hybridized carbons (Fsp3) is 0.882. The first kappa shape index (κ1) is 14.1. The Morgan fingerprint density at radius 3 is 2.50 bits per heavy atom. The van der Waals surface area contributed by atoms with Crippen molar-refractivity contribution in [2.75, 3.05) is 6.61 Å². The molecule has 18 heavy (non-hydrogen) atoms. The SMILES string of the molecule is C=C(C)[C@H]1CC[C@@]2(C)C(CC[C@@H]2C(C)C)[C@@H]1CO. The van der Waals surface area contributed by atoms with Gasteiger partial charge in [0.05, 0.1) is 0 Å². The third-order valence-electron chi connectivity index (χ3n) is 6.16. The highest BCUT2D eigenvalue weighted by Crippen LogP contribution is 2.61. The van der Waals surface area contributed by atoms with Gasteiger partial charge in [-0.05, 0) is 67.6 Å². The molecule has 2 fully saturated rings. The van der Waals surface area contributed by atoms with Crippen LogP contribution in [0.2, 0.25) is 0 Å². The van der Waals surface area contributed by atoms with Gasteiger partial charge in [-0.15, -0.1) is 0 Å². The molecule has 1 N–H and O–H groups in total. The van der Waals surface area contributed by atoms with E-state index < -0.39 is 0 Å². The molecule has 2 aliphatic carbocycles. The summed E-state index contributed by atoms with van der Waals surface area (Å²) in [5, 5.41) is 9.86. The van der Waals surface area contributed by atoms with E-state index in [0.29, 0.717) is 29.8 Å². The molecule has 0 radical (unpaired) electrons. The Bertz CT molecular complexity index is 320. The van der Waals surface area contributed by atoms with E-state index in [-0.39, 0.29) is 0 Å². The van der Waals surface area contributed by atoms with Crippen LogP contribution in [-0.4, -0.2) is 11.7 Å². The van der Waals surface area contributed by atoms with Crippen LogP contribution in [0, 0.1) is 35.0 Å². The maximum absolute atomic E-state index is 9.86. The number of hydrogen-bond acceptors (Lipinski definition) is 1. The smallest absolute Gasteiger partial charge is 0.0467 e. The van der Waals surface area contributed by atoms with Crippen LogP contribution < -0.4 is 0 Å². The minimum atomic E-state index is 0.350. The van der Waals surface area contributed by atoms with E-state index in [2.05, 4.69) is 34.3 Å². The van der Waals surface area contributed by atoms with Crippen molar-refractivity contribution in [3.05, 3.63) is 12.2 Å². The Hall–Kier alpha value is -0.300. The Morgan fingerprint density at radius 2 is 2.00 bits per heavy atom. The van der Waals surface area contributed by atoms with E-state index in [1.165, 1.54) is 31.3 Å². The van der Waals surface area contributed by atoms with Crippen molar-refractivity contribution in [2.24, 2.45) is 35.0 Å². The molecule has 0 saturated heterocycles. The van der Waals surface area contributed by atoms with Gasteiger partial charge in [-0.2, -0.15) is 0 Å². The predicted molar refractivity (Wildman–Crippen MR) is 77.3 cm³/mol. The normalized spacial score (nSPS) is 44.1. The van der Waals surface area contributed by atoms with Crippen LogP contribution in [-0.2, 0) is 0 Å². The Balaban J connectivity index is 2.25. The summed E-state index contributed by atoms with van der Waals surface area (Å²) in [6, 6.07) is 0. The van der Waals surface area contributed by atoms with Crippen LogP contribution in [0.5, 0.6) is 0 Å². The Kier molecular flexibility index (Phi) is 3.92. The quantitative estimate of drug-likeness (QED) is 0.742. The zero-order valence-corrected chi connectivity index (χ0v) is 12.6. The number of hydrogen-bond donors (Lipinski definition) is 1. The summed E-state index contributed by atoms with van der Waals surface area (Å²) in [5.41, 5.74) is 1.75. The first-order valence-electron chi connectivity index (χ1n) is 7.68. The number of allylic oxidation sites excluding steroid dienone is 1. The molecule has 0 amide bonds. The highest BCUT2D eigenvalue weighted by atomic mass is 16.3. The van der Waals surface area contributed by atoms with Crippen molar-refractivity contribution in [2.45, 2.75) is 53.4 Å². The van der Waals surface area contributed by atoms with E-state index in [1.807, 2.05) is 0 Å². The van der Waals surface area contributed by atoms with Gasteiger partial charge in [-0.3, -0.25) is 0 Å². The summed E-state index contributed by atoms with van der Waals surface area (Å²) in [5.74, 6) is 3.36. The van der Waals surface area contributed by atoms with Crippen LogP contribution in [0.15, 0.2) is 12.2 Å². The highest BCUT2D eigenvalue weighted by molar-refractivity contribution is 5.09. The van der Waals surface area contributed by atoms with Gasteiger partial charge >= 0.3 is 0 Å². The molecule has 2 saturated carbocycles. The van der Waals surface area contributed by atoms with Crippen LogP contribution in [0.4, 0.5) is 0 Å². The Labute approximate surface area is 113 Å². The largest absolute Gasteiger partial charge is 0.396 e. The lowest BCUT2D eigenvalue weighted by Gasteiger charge is -2.49. The first-order valence-corrected chi connectivity index (χ1v) is 7.68. The van der Waals surface area contributed by atoms with E-state index in [4.69, 9.17) is 0 Å². The molecule has 0 spiro atoms. The summed E-state index contributed by atoms with van der Waals surface area (Å²) >= 11 is 0. The lowest BCUT2D eigenvalue weighted by atomic mass is 9.56. The molecule has 2 rings (SSSR count). The molecule has 104 valence electrons. The number of aliphatic hydroxyl groups excluding tert-OH is 1. The van der Waals surface area contributed by atoms with Gasteiger partial charge in [-0.25, -0.2) is 0 Å². The summed E-state index contributed by atoms with van der Waals surface area (Å²) in [6.45, 7) is 13.9. The zero-order chi connectivity index (χ0) is 13.5. The fourth-order valence-corrected chi connectivity index (χ4v) is 5.29. The van der Waals surface area contributed by atoms with Crippen molar-refractivity contribution >= 4 is 0 Å². The number of rotatable bonds is 3. The monoisotopic (exact) mass is 250 g/mol. The minimum Gasteiger partial charge on any atom is -0.396 e. The average Bonchev–Trinajstić information content (AvgIpc) is 2.64. The van der Waals surface area contributed by atoms with Crippen molar-refractivity contribution in [1.82, 2.24) is 0 Å². The van der Waals surface area contributed by atoms with E-state index in [1.54, 1.807) is 0 Å². The van der Waals surface area contributed by atoms with Gasteiger partial charge < -0.3 is 5.11 Å². The van der Waals surface area contributed by atoms with Gasteiger partial charge in [0.15, 0.2) is 0 Å². The van der Waals surface area contributed by atoms with Gasteiger partial charge in [0.1, 0.15) is 0 Å². The molecule has 1 unspecified atom stereocenters. The molecule has 1 heteroatoms. The highest BCUT2D eigenvalue weighted by Gasteiger charge is 2.54. The van der Waals surface area contributed by atoms with Crippen LogP contribution in [0.25, 0.3) is 0 Å². The van der Waals surface area contributed by atoms with E-state index >= 15 is 0 Å². The lowest BCUT2D eigenvalue weighted by Crippen LogP contribution is -2.44. The Morgan fingerprint density at radius 1 is 1.33 bits per heavy atom. The molecule has 0 aliphatic heterocycles. The van der Waals surface area contributed by atoms with E-state index in [9.17, 15) is 5.11 Å². The molecule has 0 bridgehead atoms. The second kappa shape index (κ2) is 5.00. The van der Waals surface area contributed by atoms with Gasteiger partial charge in [0.2, 0.25) is 0 Å². The molecule has 2 aliphatic rings. The zero-order valence-electron chi connectivity index (χ0n) is 12.6. The van der Waals surface area contributed by atoms with E-state index in [0.717, 1.165) is 11.8 Å². The second-order valence-electron chi connectivity index (χ2n) is 7.38. The van der Waals surface area contributed by atoms with Crippen molar-refractivity contribution in [1.29, 1.82) is 0 Å². The number of aliphatic hydroxyl groups is 1. The molecular formula is C17H30O. The van der Waals surface area contributed by atoms with Crippen LogP contribution in [0.3, 0.4) is 0 Å². The molecule has 0 aromatic rings. The molecular weight excluding hydrogens is 220 g/mol. The maximum atomic E-state index is 9.86. The van der Waals surface area contributed by atoms with Crippen molar-refractivity contribution in [3.8, 4) is 0 Å². The van der Waals surface area contributed by atoms with Gasteiger partial charge in [-0.1, -0.05) is 32.9 Å². The summed E-state index contributed by atoms with van der Waals surface area (Å²) in [7, 11) is 0. The van der Waals surface area contributed by atoms with Crippen LogP contribution >= 0.6 is 0 Å². The van der Waals surface area contributed by atoms with Crippen molar-refractivity contribution < 1.29 is 5.11 Å². The summed E-state index contributed by atoms with van der Waals surface area (Å²) < 4.78 is 0. The third-order valence-corrected chi connectivity index (χ3v) is 6.16. The van der Waals surface area contributed by atoms with Gasteiger partial charge in [0.25, 0.3) is 0 Å². The molecule has 1 nitrogen and oxygen atoms in total. The predicted octanol–water partition coefficient (Wildman–Crippen LogP) is 4.27. The molecule has 0 heterocycles. The minimum absolute atomic E-state index is 0.350. The third kappa shape index (κ3) is 2.05. The first-order chi connectivity index (χ1) is 8.41. The summed E-state index contributed by atoms with van der Waals surface area (Å²) in [4.78, 5) is 0. The fourth-order valence-electron chi connectivity index (χ4n) is 5.29. The average molecular weight is 250 g/mol. The van der Waals surface area contributed by atoms with Crippen molar-refractivity contribution in [3.63, 3.8) is 0 Å². The lowest BCUT2D eigenvalue weighted by molar-refractivity contribution is -0.0139. The van der Waals surface area contributed by atoms with Crippen LogP contribution in [0.1, 0.15) is 53.4 Å². The standard InChI is InChI=1S/C17H30O/c1-11(2)13-8-9-17(5)15(12(3)4)6-7-16(17)14(13)10-18/h12-16,18H,1,6-10H2,2-5H3/t13-,14-,15-,16?,17-/m1/s1. The van der Waals surface area contributed by atoms with Gasteiger partial charge in [0, 0.05) is 6.61 Å². The molecule has 0 aromatic carbocycles. The maximum Gasteiger partial charge on any atom is 0.0467 e.